The number of nitrogens with zero attached hydrogens (tertiary/aromatic N) is 2. The van der Waals surface area contributed by atoms with Crippen LogP contribution in [-0.2, 0) is 33.2 Å². The second-order valence-corrected chi connectivity index (χ2v) is 20.1. The lowest BCUT2D eigenvalue weighted by molar-refractivity contribution is -0.318. The number of anilines is 1. The van der Waals surface area contributed by atoms with Crippen molar-refractivity contribution in [3.8, 4) is 0 Å². The monoisotopic (exact) mass is 947 g/mol. The van der Waals surface area contributed by atoms with Crippen LogP contribution in [-0.4, -0.2) is 164 Å². The van der Waals surface area contributed by atoms with Crippen LogP contribution < -0.4 is 5.32 Å². The van der Waals surface area contributed by atoms with Gasteiger partial charge in [0.15, 0.2) is 17.7 Å². The maximum absolute atomic E-state index is 14.5. The van der Waals surface area contributed by atoms with Crippen molar-refractivity contribution in [3.63, 3.8) is 0 Å². The number of carbonyl (C=O) groups excluding carboxylic acids is 1. The van der Waals surface area contributed by atoms with E-state index in [-0.39, 0.29) is 49.0 Å². The first-order chi connectivity index (χ1) is 28.3. The number of ether oxygens (including phenoxy) is 6. The van der Waals surface area contributed by atoms with Gasteiger partial charge in [0, 0.05) is 42.2 Å². The standard InChI is InChI=1S/C44H74BrN3O12S/c1-14-32-44(10,54)36(50)27(6)48(41(61)46-30-17-15-16-29(45)19-30)22-23(2)20-42(8,53)38(60-40-34(49)31(47(11)12)18-24(3)56-40)25(4)35(26(5)39(52)58-32)59-33-21-43(9,55-13)37(51)28(7)57-33/h15-17,19,23-28,31-38,40,49-51,53-54H,14,18,20-22H2,1-13H3,(H,46,61)/t23-,24-,25+,26-,27-,28+,31+,32-,33+,34-,35+,36-,37+,38-,40+,42?,43-,44-/m1/s1. The normalized spacial score (nSPS) is 43.6. The van der Waals surface area contributed by atoms with Crippen LogP contribution in [0.15, 0.2) is 28.7 Å². The van der Waals surface area contributed by atoms with E-state index >= 15 is 0 Å². The molecule has 3 heterocycles. The number of likely N-dealkylation sites (N-methyl/N-ethyl adjacent to an activating group) is 1. The van der Waals surface area contributed by atoms with E-state index in [9.17, 15) is 30.3 Å². The highest BCUT2D eigenvalue weighted by Crippen LogP contribution is 2.40. The molecule has 61 heavy (non-hydrogen) atoms. The molecule has 0 amide bonds. The number of esters is 1. The van der Waals surface area contributed by atoms with E-state index in [1.54, 1.807) is 53.4 Å². The van der Waals surface area contributed by atoms with Gasteiger partial charge in [-0.2, -0.15) is 0 Å². The molecule has 3 aliphatic rings. The van der Waals surface area contributed by atoms with E-state index < -0.39 is 96.0 Å². The molecule has 0 aromatic heterocycles. The predicted molar refractivity (Wildman–Crippen MR) is 239 cm³/mol. The van der Waals surface area contributed by atoms with Gasteiger partial charge in [0.1, 0.15) is 30.0 Å². The van der Waals surface area contributed by atoms with E-state index in [0.29, 0.717) is 12.1 Å². The number of hydrogen-bond donors (Lipinski definition) is 6. The smallest absolute Gasteiger partial charge is 0.311 e. The number of halogens is 1. The Morgan fingerprint density at radius 3 is 2.26 bits per heavy atom. The van der Waals surface area contributed by atoms with Crippen molar-refractivity contribution >= 4 is 44.9 Å². The quantitative estimate of drug-likeness (QED) is 0.158. The number of thiocarbonyl (C=S) groups is 1. The summed E-state index contributed by atoms with van der Waals surface area (Å²) >= 11 is 9.50. The summed E-state index contributed by atoms with van der Waals surface area (Å²) in [4.78, 5) is 18.2. The summed E-state index contributed by atoms with van der Waals surface area (Å²) in [5.74, 6) is -2.96. The van der Waals surface area contributed by atoms with Crippen LogP contribution in [0.4, 0.5) is 5.69 Å². The summed E-state index contributed by atoms with van der Waals surface area (Å²) in [6.07, 6.45) is -9.15. The fraction of sp³-hybridized carbons (Fsp3) is 0.818. The minimum atomic E-state index is -1.96. The van der Waals surface area contributed by atoms with Crippen LogP contribution >= 0.6 is 28.1 Å². The Morgan fingerprint density at radius 1 is 1.02 bits per heavy atom. The molecule has 1 unspecified atom stereocenters. The summed E-state index contributed by atoms with van der Waals surface area (Å²) in [6, 6.07) is 6.33. The largest absolute Gasteiger partial charge is 0.459 e. The van der Waals surface area contributed by atoms with Crippen molar-refractivity contribution in [2.75, 3.05) is 33.1 Å². The molecule has 0 spiro atoms. The fourth-order valence-corrected chi connectivity index (χ4v) is 10.3. The van der Waals surface area contributed by atoms with E-state index in [1.807, 2.05) is 57.1 Å². The van der Waals surface area contributed by atoms with Crippen LogP contribution in [0.25, 0.3) is 0 Å². The van der Waals surface area contributed by atoms with Crippen molar-refractivity contribution in [2.24, 2.45) is 17.8 Å². The SMILES string of the molecule is CC[C@H]1OC(=O)[C@H](C)[C@@H](O[C@H]2C[C@@](C)(OC)[C@@H](O)[C@H](C)O2)[C@H](C)[C@@H](O[C@@H]2O[C@H](C)C[C@H](N(C)C)[C@H]2O)C(C)(O)C[C@@H](C)CN(C(=S)Nc2cccc(Br)c2)[C@H](C)[C@@H](O)[C@]1(C)O. The zero-order chi connectivity index (χ0) is 45.9. The topological polar surface area (TPSA) is 192 Å². The van der Waals surface area contributed by atoms with Gasteiger partial charge < -0.3 is 69.1 Å². The van der Waals surface area contributed by atoms with Crippen LogP contribution in [0.1, 0.15) is 94.9 Å². The molecule has 3 saturated heterocycles. The fourth-order valence-electron chi connectivity index (χ4n) is 9.54. The number of rotatable bonds is 8. The first-order valence-corrected chi connectivity index (χ1v) is 22.8. The number of aliphatic hydroxyl groups excluding tert-OH is 3. The number of nitrogens with one attached hydrogen (secondary N) is 1. The number of carbonyl (C=O) groups is 1. The van der Waals surface area contributed by atoms with Crippen LogP contribution in [0, 0.1) is 17.8 Å². The zero-order valence-electron chi connectivity index (χ0n) is 38.3. The van der Waals surface area contributed by atoms with Gasteiger partial charge in [-0.15, -0.1) is 0 Å². The van der Waals surface area contributed by atoms with Crippen molar-refractivity contribution < 1.29 is 58.7 Å². The highest BCUT2D eigenvalue weighted by molar-refractivity contribution is 9.10. The highest BCUT2D eigenvalue weighted by atomic mass is 79.9. The average molecular weight is 949 g/mol. The van der Waals surface area contributed by atoms with Crippen LogP contribution in [0.2, 0.25) is 0 Å². The Kier molecular flexibility index (Phi) is 18.1. The molecule has 0 aliphatic carbocycles. The van der Waals surface area contributed by atoms with Crippen molar-refractivity contribution in [3.05, 3.63) is 28.7 Å². The number of methoxy groups -OCH3 is 1. The average Bonchev–Trinajstić information content (AvgIpc) is 3.18. The number of hydrogen-bond acceptors (Lipinski definition) is 14. The molecule has 1 aromatic carbocycles. The van der Waals surface area contributed by atoms with Gasteiger partial charge in [-0.3, -0.25) is 4.79 Å². The third-order valence-electron chi connectivity index (χ3n) is 13.2. The Hall–Kier alpha value is -1.58. The first kappa shape index (κ1) is 52.0. The molecule has 3 fully saturated rings. The maximum atomic E-state index is 14.5. The lowest BCUT2D eigenvalue weighted by Gasteiger charge is -2.49. The molecule has 350 valence electrons. The zero-order valence-corrected chi connectivity index (χ0v) is 40.7. The maximum Gasteiger partial charge on any atom is 0.311 e. The number of cyclic esters (lactones) is 1. The lowest BCUT2D eigenvalue weighted by Crippen LogP contribution is -2.61. The molecule has 17 heteroatoms. The highest BCUT2D eigenvalue weighted by Gasteiger charge is 2.53. The molecular formula is C44H74BrN3O12S. The second-order valence-electron chi connectivity index (χ2n) is 18.8. The number of aliphatic hydroxyl groups is 5. The first-order valence-electron chi connectivity index (χ1n) is 21.6. The molecule has 0 radical (unpaired) electrons. The Morgan fingerprint density at radius 2 is 1.67 bits per heavy atom. The molecule has 3 aliphatic heterocycles. The van der Waals surface area contributed by atoms with Gasteiger partial charge in [-0.25, -0.2) is 0 Å². The molecule has 18 atom stereocenters. The minimum absolute atomic E-state index is 0.103. The summed E-state index contributed by atoms with van der Waals surface area (Å²) in [5.41, 5.74) is -3.99. The Labute approximate surface area is 376 Å². The summed E-state index contributed by atoms with van der Waals surface area (Å²) in [5, 5.41) is 63.3. The molecule has 1 aromatic rings. The van der Waals surface area contributed by atoms with E-state index in [2.05, 4.69) is 21.2 Å². The third kappa shape index (κ3) is 12.2. The van der Waals surface area contributed by atoms with Gasteiger partial charge in [0.2, 0.25) is 0 Å². The van der Waals surface area contributed by atoms with Gasteiger partial charge in [0.05, 0.1) is 47.6 Å². The second kappa shape index (κ2) is 21.2. The minimum Gasteiger partial charge on any atom is -0.459 e. The van der Waals surface area contributed by atoms with Crippen LogP contribution in [0.3, 0.4) is 0 Å². The van der Waals surface area contributed by atoms with Crippen molar-refractivity contribution in [1.29, 1.82) is 0 Å². The van der Waals surface area contributed by atoms with Crippen molar-refractivity contribution in [2.45, 2.75) is 185 Å². The van der Waals surface area contributed by atoms with Gasteiger partial charge in [-0.05, 0) is 118 Å². The van der Waals surface area contributed by atoms with E-state index in [4.69, 9.17) is 40.6 Å². The molecule has 4 rings (SSSR count). The van der Waals surface area contributed by atoms with Gasteiger partial charge >= 0.3 is 5.97 Å². The van der Waals surface area contributed by atoms with E-state index in [0.717, 1.165) is 4.47 Å². The van der Waals surface area contributed by atoms with Crippen LogP contribution in [0.5, 0.6) is 0 Å². The molecule has 0 saturated carbocycles. The summed E-state index contributed by atoms with van der Waals surface area (Å²) in [7, 11) is 5.25. The lowest BCUT2D eigenvalue weighted by atomic mass is 9.77. The third-order valence-corrected chi connectivity index (χ3v) is 14.1. The molecule has 15 nitrogen and oxygen atoms in total. The van der Waals surface area contributed by atoms with Gasteiger partial charge in [0.25, 0.3) is 0 Å². The van der Waals surface area contributed by atoms with Crippen molar-refractivity contribution in [1.82, 2.24) is 9.80 Å². The molecule has 6 N–H and O–H groups in total. The van der Waals surface area contributed by atoms with E-state index in [1.165, 1.54) is 14.0 Å². The Balaban J connectivity index is 1.86. The molecule has 0 bridgehead atoms. The number of benzene rings is 1. The predicted octanol–water partition coefficient (Wildman–Crippen LogP) is 4.43. The molecular weight excluding hydrogens is 874 g/mol. The Bertz CT molecular complexity index is 1610. The summed E-state index contributed by atoms with van der Waals surface area (Å²) in [6.45, 7) is 17.6. The van der Waals surface area contributed by atoms with Gasteiger partial charge in [-0.1, -0.05) is 42.8 Å². The summed E-state index contributed by atoms with van der Waals surface area (Å²) < 4.78 is 38.8.